The first-order chi connectivity index (χ1) is 11.2. The molecule has 0 aliphatic heterocycles. The molecule has 0 saturated heterocycles. The highest BCUT2D eigenvalue weighted by molar-refractivity contribution is 5.92. The minimum Gasteiger partial charge on any atom is -0.448 e. The predicted molar refractivity (Wildman–Crippen MR) is 89.1 cm³/mol. The summed E-state index contributed by atoms with van der Waals surface area (Å²) in [5.74, 6) is 0.266. The van der Waals surface area contributed by atoms with Crippen LogP contribution in [0.2, 0.25) is 0 Å². The Bertz CT molecular complexity index is 826. The Morgan fingerprint density at radius 2 is 2.04 bits per heavy atom. The van der Waals surface area contributed by atoms with Crippen LogP contribution in [0.5, 0.6) is 0 Å². The van der Waals surface area contributed by atoms with Crippen LogP contribution in [-0.2, 0) is 6.42 Å². The fraction of sp³-hybridized carbons (Fsp3) is 0.222. The lowest BCUT2D eigenvalue weighted by Crippen LogP contribution is -2.33. The largest absolute Gasteiger partial charge is 0.448 e. The van der Waals surface area contributed by atoms with Crippen molar-refractivity contribution in [2.75, 3.05) is 6.54 Å². The Labute approximate surface area is 134 Å². The SMILES string of the molecule is CCc1nc(C(=O)NC(CN)c2ccc3ccccc3c2)co1. The van der Waals surface area contributed by atoms with Crippen molar-refractivity contribution in [2.24, 2.45) is 5.73 Å². The minimum atomic E-state index is -0.281. The lowest BCUT2D eigenvalue weighted by Gasteiger charge is -2.17. The number of carbonyl (C=O) groups excluding carboxylic acids is 1. The van der Waals surface area contributed by atoms with Gasteiger partial charge < -0.3 is 15.5 Å². The average Bonchev–Trinajstić information content (AvgIpc) is 3.08. The third-order valence-electron chi connectivity index (χ3n) is 3.80. The van der Waals surface area contributed by atoms with E-state index in [0.29, 0.717) is 18.9 Å². The number of hydrogen-bond acceptors (Lipinski definition) is 4. The first-order valence-corrected chi connectivity index (χ1v) is 7.65. The molecule has 0 fully saturated rings. The molecule has 23 heavy (non-hydrogen) atoms. The zero-order valence-corrected chi connectivity index (χ0v) is 13.0. The van der Waals surface area contributed by atoms with Gasteiger partial charge in [0.1, 0.15) is 6.26 Å². The fourth-order valence-corrected chi connectivity index (χ4v) is 2.51. The van der Waals surface area contributed by atoms with Crippen LogP contribution >= 0.6 is 0 Å². The Hall–Kier alpha value is -2.66. The van der Waals surface area contributed by atoms with Crippen molar-refractivity contribution in [1.29, 1.82) is 0 Å². The third-order valence-corrected chi connectivity index (χ3v) is 3.80. The molecule has 5 nitrogen and oxygen atoms in total. The van der Waals surface area contributed by atoms with E-state index in [0.717, 1.165) is 16.3 Å². The summed E-state index contributed by atoms with van der Waals surface area (Å²) in [5.41, 5.74) is 7.10. The molecule has 0 bridgehead atoms. The monoisotopic (exact) mass is 309 g/mol. The standard InChI is InChI=1S/C18H19N3O2/c1-2-17-20-16(11-23-17)18(22)21-15(10-19)14-8-7-12-5-3-4-6-13(12)9-14/h3-9,11,15H,2,10,19H2,1H3,(H,21,22). The molecule has 1 atom stereocenters. The van der Waals surface area contributed by atoms with Crippen LogP contribution in [0.25, 0.3) is 10.8 Å². The van der Waals surface area contributed by atoms with Gasteiger partial charge in [-0.3, -0.25) is 4.79 Å². The molecule has 3 aromatic rings. The highest BCUT2D eigenvalue weighted by Gasteiger charge is 2.17. The molecule has 3 N–H and O–H groups in total. The molecular formula is C18H19N3O2. The van der Waals surface area contributed by atoms with E-state index in [1.54, 1.807) is 0 Å². The molecule has 0 aliphatic carbocycles. The predicted octanol–water partition coefficient (Wildman–Crippen LogP) is 2.82. The van der Waals surface area contributed by atoms with E-state index in [1.807, 2.05) is 43.3 Å². The van der Waals surface area contributed by atoms with Gasteiger partial charge in [0.05, 0.1) is 6.04 Å². The number of nitrogens with one attached hydrogen (secondary N) is 1. The van der Waals surface area contributed by atoms with E-state index in [4.69, 9.17) is 10.2 Å². The van der Waals surface area contributed by atoms with E-state index in [2.05, 4.69) is 16.4 Å². The normalized spacial score (nSPS) is 12.3. The molecule has 0 spiro atoms. The summed E-state index contributed by atoms with van der Waals surface area (Å²) in [6.45, 7) is 2.23. The molecule has 3 rings (SSSR count). The smallest absolute Gasteiger partial charge is 0.273 e. The van der Waals surface area contributed by atoms with Gasteiger partial charge in [0.25, 0.3) is 5.91 Å². The Kier molecular flexibility index (Phi) is 4.39. The molecule has 0 aliphatic rings. The van der Waals surface area contributed by atoms with E-state index in [9.17, 15) is 4.79 Å². The number of nitrogens with zero attached hydrogens (tertiary/aromatic N) is 1. The molecule has 5 heteroatoms. The van der Waals surface area contributed by atoms with Gasteiger partial charge in [0, 0.05) is 13.0 Å². The van der Waals surface area contributed by atoms with Gasteiger partial charge in [-0.25, -0.2) is 4.98 Å². The second-order valence-corrected chi connectivity index (χ2v) is 5.35. The molecule has 1 unspecified atom stereocenters. The van der Waals surface area contributed by atoms with Gasteiger partial charge in [-0.2, -0.15) is 0 Å². The van der Waals surface area contributed by atoms with E-state index < -0.39 is 0 Å². The topological polar surface area (TPSA) is 81.2 Å². The van der Waals surface area contributed by atoms with Crippen LogP contribution in [0.1, 0.15) is 34.9 Å². The number of carbonyl (C=O) groups is 1. The van der Waals surface area contributed by atoms with Gasteiger partial charge >= 0.3 is 0 Å². The molecule has 0 saturated carbocycles. The molecule has 118 valence electrons. The highest BCUT2D eigenvalue weighted by Crippen LogP contribution is 2.20. The highest BCUT2D eigenvalue weighted by atomic mass is 16.3. The van der Waals surface area contributed by atoms with Crippen molar-refractivity contribution >= 4 is 16.7 Å². The van der Waals surface area contributed by atoms with E-state index in [-0.39, 0.29) is 17.6 Å². The van der Waals surface area contributed by atoms with Gasteiger partial charge in [-0.05, 0) is 22.4 Å². The van der Waals surface area contributed by atoms with E-state index in [1.165, 1.54) is 6.26 Å². The summed E-state index contributed by atoms with van der Waals surface area (Å²) in [6.07, 6.45) is 2.03. The number of oxazole rings is 1. The van der Waals surface area contributed by atoms with Gasteiger partial charge in [0.15, 0.2) is 11.6 Å². The van der Waals surface area contributed by atoms with Gasteiger partial charge in [0.2, 0.25) is 0 Å². The van der Waals surface area contributed by atoms with Crippen LogP contribution in [0.4, 0.5) is 0 Å². The number of hydrogen-bond donors (Lipinski definition) is 2. The first kappa shape index (κ1) is 15.2. The van der Waals surface area contributed by atoms with Crippen LogP contribution < -0.4 is 11.1 Å². The summed E-state index contributed by atoms with van der Waals surface area (Å²) < 4.78 is 5.21. The summed E-state index contributed by atoms with van der Waals surface area (Å²) in [5, 5.41) is 5.19. The lowest BCUT2D eigenvalue weighted by atomic mass is 10.0. The molecule has 1 heterocycles. The number of fused-ring (bicyclic) bond motifs is 1. The number of rotatable bonds is 5. The maximum Gasteiger partial charge on any atom is 0.273 e. The number of amides is 1. The second kappa shape index (κ2) is 6.62. The number of aryl methyl sites for hydroxylation is 1. The lowest BCUT2D eigenvalue weighted by molar-refractivity contribution is 0.0932. The van der Waals surface area contributed by atoms with Crippen LogP contribution in [0, 0.1) is 0 Å². The van der Waals surface area contributed by atoms with Crippen LogP contribution in [-0.4, -0.2) is 17.4 Å². The third kappa shape index (κ3) is 3.24. The fourth-order valence-electron chi connectivity index (χ4n) is 2.51. The quantitative estimate of drug-likeness (QED) is 0.759. The zero-order valence-electron chi connectivity index (χ0n) is 13.0. The molecule has 1 aromatic heterocycles. The van der Waals surface area contributed by atoms with Crippen molar-refractivity contribution in [2.45, 2.75) is 19.4 Å². The molecule has 2 aromatic carbocycles. The van der Waals surface area contributed by atoms with Crippen LogP contribution in [0.15, 0.2) is 53.1 Å². The maximum atomic E-state index is 12.3. The first-order valence-electron chi connectivity index (χ1n) is 7.65. The van der Waals surface area contributed by atoms with Crippen molar-refractivity contribution in [3.63, 3.8) is 0 Å². The Morgan fingerprint density at radius 3 is 2.74 bits per heavy atom. The summed E-state index contributed by atoms with van der Waals surface area (Å²) in [4.78, 5) is 16.4. The Balaban J connectivity index is 1.81. The van der Waals surface area contributed by atoms with Gasteiger partial charge in [-0.1, -0.05) is 43.3 Å². The number of nitrogens with two attached hydrogens (primary N) is 1. The maximum absolute atomic E-state index is 12.3. The summed E-state index contributed by atoms with van der Waals surface area (Å²) in [6, 6.07) is 13.9. The zero-order chi connectivity index (χ0) is 16.2. The number of benzene rings is 2. The van der Waals surface area contributed by atoms with Crippen molar-refractivity contribution in [3.8, 4) is 0 Å². The number of aromatic nitrogens is 1. The summed E-state index contributed by atoms with van der Waals surface area (Å²) >= 11 is 0. The van der Waals surface area contributed by atoms with Gasteiger partial charge in [-0.15, -0.1) is 0 Å². The molecular weight excluding hydrogens is 290 g/mol. The minimum absolute atomic E-state index is 0.270. The van der Waals surface area contributed by atoms with Crippen LogP contribution in [0.3, 0.4) is 0 Å². The molecule has 1 amide bonds. The van der Waals surface area contributed by atoms with Crippen molar-refractivity contribution in [1.82, 2.24) is 10.3 Å². The van der Waals surface area contributed by atoms with Crippen molar-refractivity contribution in [3.05, 3.63) is 65.9 Å². The van der Waals surface area contributed by atoms with E-state index >= 15 is 0 Å². The average molecular weight is 309 g/mol. The molecule has 0 radical (unpaired) electrons. The summed E-state index contributed by atoms with van der Waals surface area (Å²) in [7, 11) is 0. The van der Waals surface area contributed by atoms with Crippen molar-refractivity contribution < 1.29 is 9.21 Å². The Morgan fingerprint density at radius 1 is 1.26 bits per heavy atom. The second-order valence-electron chi connectivity index (χ2n) is 5.35.